The van der Waals surface area contributed by atoms with E-state index in [0.717, 1.165) is 0 Å². The van der Waals surface area contributed by atoms with Gasteiger partial charge in [0.25, 0.3) is 0 Å². The van der Waals surface area contributed by atoms with Gasteiger partial charge in [-0.2, -0.15) is 0 Å². The standard InChI is InChI=1S/C7H15N3O3/c8-4-6(11)10-3-1-2-5(9)7(12)13/h5H,1-4,8-9H2,(H,10,11)(H,12,13). The van der Waals surface area contributed by atoms with Gasteiger partial charge >= 0.3 is 5.97 Å². The van der Waals surface area contributed by atoms with Gasteiger partial charge in [0.1, 0.15) is 6.04 Å². The summed E-state index contributed by atoms with van der Waals surface area (Å²) < 4.78 is 0. The van der Waals surface area contributed by atoms with Crippen LogP contribution in [0.4, 0.5) is 0 Å². The molecule has 0 aliphatic carbocycles. The first-order chi connectivity index (χ1) is 6.07. The van der Waals surface area contributed by atoms with Crippen molar-refractivity contribution in [3.8, 4) is 0 Å². The monoisotopic (exact) mass is 189 g/mol. The molecule has 13 heavy (non-hydrogen) atoms. The van der Waals surface area contributed by atoms with E-state index in [1.807, 2.05) is 0 Å². The van der Waals surface area contributed by atoms with E-state index in [-0.39, 0.29) is 12.5 Å². The van der Waals surface area contributed by atoms with Crippen molar-refractivity contribution in [2.24, 2.45) is 11.5 Å². The van der Waals surface area contributed by atoms with Gasteiger partial charge in [-0.3, -0.25) is 9.59 Å². The van der Waals surface area contributed by atoms with E-state index in [2.05, 4.69) is 5.32 Å². The van der Waals surface area contributed by atoms with Crippen LogP contribution in [0.25, 0.3) is 0 Å². The second kappa shape index (κ2) is 6.38. The first kappa shape index (κ1) is 11.9. The number of carboxylic acid groups (broad SMARTS) is 1. The number of rotatable bonds is 6. The van der Waals surface area contributed by atoms with Crippen molar-refractivity contribution in [2.45, 2.75) is 18.9 Å². The number of carbonyl (C=O) groups is 2. The summed E-state index contributed by atoms with van der Waals surface area (Å²) in [4.78, 5) is 20.9. The molecule has 1 amide bonds. The van der Waals surface area contributed by atoms with Gasteiger partial charge in [-0.25, -0.2) is 0 Å². The zero-order valence-electron chi connectivity index (χ0n) is 7.32. The van der Waals surface area contributed by atoms with Crippen LogP contribution in [0.2, 0.25) is 0 Å². The highest BCUT2D eigenvalue weighted by Gasteiger charge is 2.09. The lowest BCUT2D eigenvalue weighted by Gasteiger charge is -2.06. The van der Waals surface area contributed by atoms with Crippen molar-refractivity contribution in [3.05, 3.63) is 0 Å². The Kier molecular flexibility index (Phi) is 5.82. The normalized spacial score (nSPS) is 12.2. The summed E-state index contributed by atoms with van der Waals surface area (Å²) in [5.41, 5.74) is 10.3. The summed E-state index contributed by atoms with van der Waals surface area (Å²) in [5.74, 6) is -1.27. The average Bonchev–Trinajstić information content (AvgIpc) is 2.11. The minimum absolute atomic E-state index is 0.0506. The molecule has 0 saturated carbocycles. The molecule has 0 rings (SSSR count). The largest absolute Gasteiger partial charge is 0.480 e. The van der Waals surface area contributed by atoms with Gasteiger partial charge in [0.05, 0.1) is 6.54 Å². The minimum Gasteiger partial charge on any atom is -0.480 e. The predicted octanol–water partition coefficient (Wildman–Crippen LogP) is -1.75. The Hall–Kier alpha value is -1.14. The lowest BCUT2D eigenvalue weighted by molar-refractivity contribution is -0.138. The molecule has 0 fully saturated rings. The summed E-state index contributed by atoms with van der Waals surface area (Å²) >= 11 is 0. The molecule has 1 unspecified atom stereocenters. The fourth-order valence-corrected chi connectivity index (χ4v) is 0.745. The van der Waals surface area contributed by atoms with Gasteiger partial charge in [-0.05, 0) is 12.8 Å². The Labute approximate surface area is 76.3 Å². The van der Waals surface area contributed by atoms with Gasteiger partial charge in [0, 0.05) is 6.54 Å². The third-order valence-corrected chi connectivity index (χ3v) is 1.52. The van der Waals surface area contributed by atoms with Gasteiger partial charge in [-0.15, -0.1) is 0 Å². The fourth-order valence-electron chi connectivity index (χ4n) is 0.745. The van der Waals surface area contributed by atoms with Crippen LogP contribution in [0.3, 0.4) is 0 Å². The number of nitrogens with two attached hydrogens (primary N) is 2. The van der Waals surface area contributed by atoms with Crippen molar-refractivity contribution in [1.82, 2.24) is 5.32 Å². The van der Waals surface area contributed by atoms with Crippen molar-refractivity contribution < 1.29 is 14.7 Å². The molecule has 0 bridgehead atoms. The Morgan fingerprint density at radius 1 is 1.46 bits per heavy atom. The Bertz CT molecular complexity index is 184. The van der Waals surface area contributed by atoms with Gasteiger partial charge in [-0.1, -0.05) is 0 Å². The maximum atomic E-state index is 10.6. The van der Waals surface area contributed by atoms with Crippen LogP contribution in [0.15, 0.2) is 0 Å². The second-order valence-corrected chi connectivity index (χ2v) is 2.64. The molecule has 6 nitrogen and oxygen atoms in total. The number of nitrogens with one attached hydrogen (secondary N) is 1. The van der Waals surface area contributed by atoms with Gasteiger partial charge in [0.15, 0.2) is 0 Å². The van der Waals surface area contributed by atoms with Crippen molar-refractivity contribution in [1.29, 1.82) is 0 Å². The van der Waals surface area contributed by atoms with E-state index in [9.17, 15) is 9.59 Å². The molecular weight excluding hydrogens is 174 g/mol. The summed E-state index contributed by atoms with van der Waals surface area (Å²) in [6, 6.07) is -0.852. The van der Waals surface area contributed by atoms with Crippen LogP contribution in [0.1, 0.15) is 12.8 Å². The zero-order valence-corrected chi connectivity index (χ0v) is 7.32. The van der Waals surface area contributed by atoms with Crippen molar-refractivity contribution in [2.75, 3.05) is 13.1 Å². The molecular formula is C7H15N3O3. The van der Waals surface area contributed by atoms with Crippen LogP contribution in [-0.2, 0) is 9.59 Å². The fraction of sp³-hybridized carbons (Fsp3) is 0.714. The average molecular weight is 189 g/mol. The SMILES string of the molecule is NCC(=O)NCCCC(N)C(=O)O. The number of hydrogen-bond donors (Lipinski definition) is 4. The third kappa shape index (κ3) is 6.06. The molecule has 0 radical (unpaired) electrons. The highest BCUT2D eigenvalue weighted by Crippen LogP contribution is 1.92. The number of amides is 1. The minimum atomic E-state index is -1.02. The van der Waals surface area contributed by atoms with E-state index < -0.39 is 12.0 Å². The lowest BCUT2D eigenvalue weighted by atomic mass is 10.2. The quantitative estimate of drug-likeness (QED) is 0.370. The molecule has 0 saturated heterocycles. The predicted molar refractivity (Wildman–Crippen MR) is 46.9 cm³/mol. The molecule has 0 heterocycles. The first-order valence-electron chi connectivity index (χ1n) is 4.03. The molecule has 0 aromatic carbocycles. The van der Waals surface area contributed by atoms with Crippen LogP contribution in [0, 0.1) is 0 Å². The van der Waals surface area contributed by atoms with E-state index in [4.69, 9.17) is 16.6 Å². The van der Waals surface area contributed by atoms with E-state index >= 15 is 0 Å². The van der Waals surface area contributed by atoms with Gasteiger partial charge in [0.2, 0.25) is 5.91 Å². The Morgan fingerprint density at radius 3 is 2.54 bits per heavy atom. The summed E-state index contributed by atoms with van der Waals surface area (Å²) in [5, 5.41) is 10.9. The molecule has 6 heteroatoms. The smallest absolute Gasteiger partial charge is 0.320 e. The molecule has 0 aromatic rings. The molecule has 1 atom stereocenters. The second-order valence-electron chi connectivity index (χ2n) is 2.64. The molecule has 6 N–H and O–H groups in total. The molecule has 76 valence electrons. The van der Waals surface area contributed by atoms with E-state index in [1.165, 1.54) is 0 Å². The highest BCUT2D eigenvalue weighted by molar-refractivity contribution is 5.77. The Morgan fingerprint density at radius 2 is 2.08 bits per heavy atom. The summed E-state index contributed by atoms with van der Waals surface area (Å²) in [7, 11) is 0. The van der Waals surface area contributed by atoms with E-state index in [0.29, 0.717) is 19.4 Å². The number of carboxylic acids is 1. The third-order valence-electron chi connectivity index (χ3n) is 1.52. The van der Waals surface area contributed by atoms with E-state index in [1.54, 1.807) is 0 Å². The van der Waals surface area contributed by atoms with Crippen molar-refractivity contribution in [3.63, 3.8) is 0 Å². The van der Waals surface area contributed by atoms with Crippen LogP contribution >= 0.6 is 0 Å². The lowest BCUT2D eigenvalue weighted by Crippen LogP contribution is -2.34. The summed E-state index contributed by atoms with van der Waals surface area (Å²) in [6.07, 6.45) is 0.888. The molecule has 0 aromatic heterocycles. The van der Waals surface area contributed by atoms with Crippen LogP contribution < -0.4 is 16.8 Å². The highest BCUT2D eigenvalue weighted by atomic mass is 16.4. The topological polar surface area (TPSA) is 118 Å². The van der Waals surface area contributed by atoms with Crippen LogP contribution in [0.5, 0.6) is 0 Å². The number of aliphatic carboxylic acids is 1. The van der Waals surface area contributed by atoms with Gasteiger partial charge < -0.3 is 21.9 Å². The zero-order chi connectivity index (χ0) is 10.3. The molecule has 0 aliphatic heterocycles. The van der Waals surface area contributed by atoms with Crippen LogP contribution in [-0.4, -0.2) is 36.1 Å². The maximum Gasteiger partial charge on any atom is 0.320 e. The molecule has 0 aliphatic rings. The number of carbonyl (C=O) groups excluding carboxylic acids is 1. The number of hydrogen-bond acceptors (Lipinski definition) is 4. The molecule has 0 spiro atoms. The Balaban J connectivity index is 3.35. The van der Waals surface area contributed by atoms with Crippen molar-refractivity contribution >= 4 is 11.9 Å². The summed E-state index contributed by atoms with van der Waals surface area (Å²) in [6.45, 7) is 0.363. The first-order valence-corrected chi connectivity index (χ1v) is 4.03. The maximum absolute atomic E-state index is 10.6.